The van der Waals surface area contributed by atoms with Crippen LogP contribution in [0.1, 0.15) is 26.2 Å². The number of carboxylic acids is 1. The average molecular weight is 181 g/mol. The van der Waals surface area contributed by atoms with Crippen LogP contribution in [0.15, 0.2) is 11.1 Å². The third-order valence-corrected chi connectivity index (χ3v) is 2.11. The van der Waals surface area contributed by atoms with Gasteiger partial charge in [0.15, 0.2) is 5.78 Å². The fourth-order valence-corrected chi connectivity index (χ4v) is 1.39. The van der Waals surface area contributed by atoms with E-state index in [9.17, 15) is 9.59 Å². The third kappa shape index (κ3) is 1.83. The molecule has 4 heteroatoms. The van der Waals surface area contributed by atoms with Crippen molar-refractivity contribution in [3.63, 3.8) is 0 Å². The molecule has 4 nitrogen and oxygen atoms in total. The molecule has 0 aromatic rings. The molecule has 1 rings (SSSR count). The number of nitrogens with one attached hydrogen (secondary N) is 1. The topological polar surface area (TPSA) is 78.2 Å². The van der Waals surface area contributed by atoms with Crippen molar-refractivity contribution in [2.45, 2.75) is 26.2 Å². The van der Waals surface area contributed by atoms with Crippen LogP contribution in [0.25, 0.3) is 0 Å². The van der Waals surface area contributed by atoms with Crippen LogP contribution in [0.4, 0.5) is 0 Å². The smallest absolute Gasteiger partial charge is 0.332 e. The van der Waals surface area contributed by atoms with Gasteiger partial charge in [-0.15, -0.1) is 0 Å². The molecule has 1 aliphatic carbocycles. The van der Waals surface area contributed by atoms with E-state index in [0.29, 0.717) is 19.3 Å². The van der Waals surface area contributed by atoms with Crippen molar-refractivity contribution in [1.82, 2.24) is 0 Å². The molecule has 0 heterocycles. The summed E-state index contributed by atoms with van der Waals surface area (Å²) in [4.78, 5) is 21.9. The standard InChI is InChI=1S/C9H11NO3/c1-5(9(12)13)8-6(10)3-2-4-7(8)11/h10H,2-4H2,1H3,(H,12,13). The Labute approximate surface area is 75.8 Å². The van der Waals surface area contributed by atoms with Crippen LogP contribution >= 0.6 is 0 Å². The van der Waals surface area contributed by atoms with Gasteiger partial charge in [-0.25, -0.2) is 4.79 Å². The maximum absolute atomic E-state index is 11.3. The number of aliphatic carboxylic acids is 1. The van der Waals surface area contributed by atoms with Gasteiger partial charge in [-0.2, -0.15) is 0 Å². The van der Waals surface area contributed by atoms with Gasteiger partial charge in [0.05, 0.1) is 0 Å². The van der Waals surface area contributed by atoms with E-state index in [2.05, 4.69) is 0 Å². The molecule has 0 radical (unpaired) electrons. The van der Waals surface area contributed by atoms with Gasteiger partial charge in [0.1, 0.15) is 0 Å². The second kappa shape index (κ2) is 3.51. The number of carbonyl (C=O) groups is 2. The van der Waals surface area contributed by atoms with Crippen LogP contribution in [0, 0.1) is 5.41 Å². The fourth-order valence-electron chi connectivity index (χ4n) is 1.39. The summed E-state index contributed by atoms with van der Waals surface area (Å²) in [5, 5.41) is 16.1. The molecule has 0 aliphatic heterocycles. The first-order valence-corrected chi connectivity index (χ1v) is 4.09. The molecule has 70 valence electrons. The highest BCUT2D eigenvalue weighted by Gasteiger charge is 2.24. The van der Waals surface area contributed by atoms with Crippen molar-refractivity contribution in [3.8, 4) is 0 Å². The predicted octanol–water partition coefficient (Wildman–Crippen LogP) is 1.16. The van der Waals surface area contributed by atoms with Gasteiger partial charge in [0.25, 0.3) is 0 Å². The van der Waals surface area contributed by atoms with Crippen molar-refractivity contribution >= 4 is 17.5 Å². The molecule has 0 bridgehead atoms. The minimum Gasteiger partial charge on any atom is -0.478 e. The van der Waals surface area contributed by atoms with Crippen molar-refractivity contribution in [2.75, 3.05) is 0 Å². The van der Waals surface area contributed by atoms with Crippen molar-refractivity contribution in [1.29, 1.82) is 5.41 Å². The second-order valence-electron chi connectivity index (χ2n) is 3.06. The Morgan fingerprint density at radius 2 is 2.08 bits per heavy atom. The molecular formula is C9H11NO3. The minimum absolute atomic E-state index is 0.00491. The van der Waals surface area contributed by atoms with Crippen molar-refractivity contribution in [2.24, 2.45) is 0 Å². The van der Waals surface area contributed by atoms with Crippen molar-refractivity contribution < 1.29 is 14.7 Å². The molecule has 0 aromatic carbocycles. The number of hydrogen-bond acceptors (Lipinski definition) is 3. The highest BCUT2D eigenvalue weighted by Crippen LogP contribution is 2.20. The van der Waals surface area contributed by atoms with E-state index in [-0.39, 0.29) is 22.6 Å². The molecule has 1 fully saturated rings. The Bertz CT molecular complexity index is 297. The lowest BCUT2D eigenvalue weighted by atomic mass is 9.88. The summed E-state index contributed by atoms with van der Waals surface area (Å²) >= 11 is 0. The monoisotopic (exact) mass is 181 g/mol. The lowest BCUT2D eigenvalue weighted by Crippen LogP contribution is -2.21. The summed E-state index contributed by atoms with van der Waals surface area (Å²) < 4.78 is 0. The van der Waals surface area contributed by atoms with E-state index < -0.39 is 5.97 Å². The highest BCUT2D eigenvalue weighted by molar-refractivity contribution is 6.25. The molecular weight excluding hydrogens is 170 g/mol. The van der Waals surface area contributed by atoms with Gasteiger partial charge in [-0.1, -0.05) is 0 Å². The number of Topliss-reactive ketones (excluding diaryl/α,β-unsaturated/α-hetero) is 1. The van der Waals surface area contributed by atoms with E-state index in [4.69, 9.17) is 10.5 Å². The maximum Gasteiger partial charge on any atom is 0.332 e. The first-order chi connectivity index (χ1) is 6.04. The normalized spacial score (nSPS) is 21.6. The summed E-state index contributed by atoms with van der Waals surface area (Å²) in [5.41, 5.74) is 0.268. The average Bonchev–Trinajstić information content (AvgIpc) is 2.03. The van der Waals surface area contributed by atoms with Gasteiger partial charge in [-0.05, 0) is 19.8 Å². The molecule has 1 aliphatic rings. The first-order valence-electron chi connectivity index (χ1n) is 4.09. The Kier molecular flexibility index (Phi) is 2.60. The molecule has 13 heavy (non-hydrogen) atoms. The Balaban J connectivity index is 3.11. The number of carbonyl (C=O) groups excluding carboxylic acids is 1. The summed E-state index contributed by atoms with van der Waals surface area (Å²) in [6.45, 7) is 1.37. The first kappa shape index (κ1) is 9.64. The minimum atomic E-state index is -1.12. The van der Waals surface area contributed by atoms with Gasteiger partial charge in [0.2, 0.25) is 0 Å². The fraction of sp³-hybridized carbons (Fsp3) is 0.444. The number of ketones is 1. The molecule has 0 atom stereocenters. The van der Waals surface area contributed by atoms with Gasteiger partial charge < -0.3 is 10.5 Å². The van der Waals surface area contributed by atoms with Crippen LogP contribution in [0.3, 0.4) is 0 Å². The molecule has 0 amide bonds. The Morgan fingerprint density at radius 3 is 2.54 bits per heavy atom. The van der Waals surface area contributed by atoms with Crippen LogP contribution in [-0.4, -0.2) is 22.6 Å². The van der Waals surface area contributed by atoms with Gasteiger partial charge in [-0.3, -0.25) is 4.79 Å². The highest BCUT2D eigenvalue weighted by atomic mass is 16.4. The van der Waals surface area contributed by atoms with E-state index >= 15 is 0 Å². The molecule has 0 saturated heterocycles. The number of rotatable bonds is 1. The third-order valence-electron chi connectivity index (χ3n) is 2.11. The number of hydrogen-bond donors (Lipinski definition) is 2. The van der Waals surface area contributed by atoms with E-state index in [1.165, 1.54) is 6.92 Å². The number of allylic oxidation sites excluding steroid dienone is 1. The summed E-state index contributed by atoms with van der Waals surface area (Å²) in [6, 6.07) is 0. The summed E-state index contributed by atoms with van der Waals surface area (Å²) in [7, 11) is 0. The van der Waals surface area contributed by atoms with Gasteiger partial charge in [0, 0.05) is 23.3 Å². The van der Waals surface area contributed by atoms with Crippen LogP contribution in [-0.2, 0) is 9.59 Å². The quantitative estimate of drug-likeness (QED) is 0.596. The van der Waals surface area contributed by atoms with Crippen molar-refractivity contribution in [3.05, 3.63) is 11.1 Å². The summed E-state index contributed by atoms with van der Waals surface area (Å²) in [6.07, 6.45) is 1.53. The molecule has 0 spiro atoms. The molecule has 0 unspecified atom stereocenters. The van der Waals surface area contributed by atoms with Crippen LogP contribution in [0.2, 0.25) is 0 Å². The molecule has 1 saturated carbocycles. The second-order valence-corrected chi connectivity index (χ2v) is 3.06. The Morgan fingerprint density at radius 1 is 1.46 bits per heavy atom. The molecule has 0 aromatic heterocycles. The predicted molar refractivity (Wildman–Crippen MR) is 46.9 cm³/mol. The molecule has 2 N–H and O–H groups in total. The zero-order valence-corrected chi connectivity index (χ0v) is 7.39. The zero-order chi connectivity index (χ0) is 10.0. The van der Waals surface area contributed by atoms with E-state index in [1.807, 2.05) is 0 Å². The summed E-state index contributed by atoms with van der Waals surface area (Å²) in [5.74, 6) is -1.33. The Hall–Kier alpha value is -1.45. The van der Waals surface area contributed by atoms with Crippen LogP contribution < -0.4 is 0 Å². The zero-order valence-electron chi connectivity index (χ0n) is 7.39. The van der Waals surface area contributed by atoms with E-state index in [0.717, 1.165) is 0 Å². The largest absolute Gasteiger partial charge is 0.478 e. The van der Waals surface area contributed by atoms with Gasteiger partial charge >= 0.3 is 5.97 Å². The maximum atomic E-state index is 11.3. The SMILES string of the molecule is CC(C(=O)O)=C1C(=N)CCCC1=O. The van der Waals surface area contributed by atoms with Crippen LogP contribution in [0.5, 0.6) is 0 Å². The lowest BCUT2D eigenvalue weighted by Gasteiger charge is -2.15. The number of carboxylic acid groups (broad SMARTS) is 1. The lowest BCUT2D eigenvalue weighted by molar-refractivity contribution is -0.133. The van der Waals surface area contributed by atoms with E-state index in [1.54, 1.807) is 0 Å².